The zero-order chi connectivity index (χ0) is 15.3. The van der Waals surface area contributed by atoms with Gasteiger partial charge in [0.2, 0.25) is 0 Å². The number of nitrogens with one attached hydrogen (secondary N) is 1. The van der Waals surface area contributed by atoms with Crippen LogP contribution in [0.4, 0.5) is 0 Å². The lowest BCUT2D eigenvalue weighted by molar-refractivity contribution is -0.124. The molecule has 0 fully saturated rings. The van der Waals surface area contributed by atoms with Gasteiger partial charge in [-0.05, 0) is 31.0 Å². The van der Waals surface area contributed by atoms with E-state index in [0.29, 0.717) is 15.8 Å². The number of carbonyl (C=O) groups is 1. The SMILES string of the molecule is CC(C)[C@](C)(C#N)NC(=O)COc1ccc(Cl)cc1Cl. The molecule has 0 aliphatic heterocycles. The predicted octanol–water partition coefficient (Wildman–Crippen LogP) is 3.43. The summed E-state index contributed by atoms with van der Waals surface area (Å²) < 4.78 is 5.31. The van der Waals surface area contributed by atoms with Gasteiger partial charge in [0.15, 0.2) is 6.61 Å². The number of benzene rings is 1. The molecule has 0 unspecified atom stereocenters. The van der Waals surface area contributed by atoms with E-state index in [-0.39, 0.29) is 18.4 Å². The second-order valence-electron chi connectivity index (χ2n) is 4.88. The molecular formula is C14H16Cl2N2O2. The molecule has 0 radical (unpaired) electrons. The van der Waals surface area contributed by atoms with Gasteiger partial charge >= 0.3 is 0 Å². The third kappa shape index (κ3) is 4.29. The fraction of sp³-hybridized carbons (Fsp3) is 0.429. The minimum atomic E-state index is -0.926. The minimum Gasteiger partial charge on any atom is -0.482 e. The molecule has 1 aromatic carbocycles. The molecule has 0 saturated carbocycles. The highest BCUT2D eigenvalue weighted by Crippen LogP contribution is 2.27. The van der Waals surface area contributed by atoms with Crippen LogP contribution >= 0.6 is 23.2 Å². The molecule has 1 N–H and O–H groups in total. The van der Waals surface area contributed by atoms with Crippen LogP contribution in [0.2, 0.25) is 10.0 Å². The van der Waals surface area contributed by atoms with Gasteiger partial charge in [-0.3, -0.25) is 4.79 Å². The van der Waals surface area contributed by atoms with Gasteiger partial charge in [0.05, 0.1) is 11.1 Å². The molecule has 1 rings (SSSR count). The van der Waals surface area contributed by atoms with Crippen LogP contribution in [-0.4, -0.2) is 18.1 Å². The average molecular weight is 315 g/mol. The van der Waals surface area contributed by atoms with Crippen LogP contribution in [-0.2, 0) is 4.79 Å². The largest absolute Gasteiger partial charge is 0.482 e. The van der Waals surface area contributed by atoms with E-state index in [9.17, 15) is 4.79 Å². The Morgan fingerprint density at radius 2 is 2.15 bits per heavy atom. The summed E-state index contributed by atoms with van der Waals surface area (Å²) in [6.07, 6.45) is 0. The fourth-order valence-electron chi connectivity index (χ4n) is 1.36. The summed E-state index contributed by atoms with van der Waals surface area (Å²) in [4.78, 5) is 11.8. The molecule has 1 aromatic rings. The minimum absolute atomic E-state index is 0.0180. The Hall–Kier alpha value is -1.44. The third-order valence-corrected chi connectivity index (χ3v) is 3.57. The first-order valence-corrected chi connectivity index (χ1v) is 6.84. The second kappa shape index (κ2) is 6.83. The lowest BCUT2D eigenvalue weighted by atomic mass is 9.90. The normalized spacial score (nSPS) is 13.4. The van der Waals surface area contributed by atoms with E-state index >= 15 is 0 Å². The maximum Gasteiger partial charge on any atom is 0.259 e. The number of hydrogen-bond acceptors (Lipinski definition) is 3. The standard InChI is InChI=1S/C14H16Cl2N2O2/c1-9(2)14(3,8-17)18-13(19)7-20-12-5-4-10(15)6-11(12)16/h4-6,9H,7H2,1-3H3,(H,18,19)/t14-/m0/s1. The summed E-state index contributed by atoms with van der Waals surface area (Å²) in [5, 5.41) is 12.6. The van der Waals surface area contributed by atoms with Gasteiger partial charge in [-0.2, -0.15) is 5.26 Å². The molecule has 6 heteroatoms. The van der Waals surface area contributed by atoms with Gasteiger partial charge in [-0.25, -0.2) is 0 Å². The first kappa shape index (κ1) is 16.6. The molecule has 0 aliphatic rings. The van der Waals surface area contributed by atoms with Crippen LogP contribution in [0.25, 0.3) is 0 Å². The molecule has 0 aromatic heterocycles. The lowest BCUT2D eigenvalue weighted by Gasteiger charge is -2.27. The molecule has 1 amide bonds. The number of amides is 1. The summed E-state index contributed by atoms with van der Waals surface area (Å²) in [6, 6.07) is 6.83. The maximum atomic E-state index is 11.8. The van der Waals surface area contributed by atoms with Crippen molar-refractivity contribution in [3.05, 3.63) is 28.2 Å². The van der Waals surface area contributed by atoms with Crippen molar-refractivity contribution in [3.63, 3.8) is 0 Å². The van der Waals surface area contributed by atoms with Gasteiger partial charge in [0, 0.05) is 5.02 Å². The first-order chi connectivity index (χ1) is 9.28. The van der Waals surface area contributed by atoms with Gasteiger partial charge in [-0.1, -0.05) is 37.0 Å². The van der Waals surface area contributed by atoms with Crippen molar-refractivity contribution in [1.29, 1.82) is 5.26 Å². The number of hydrogen-bond donors (Lipinski definition) is 1. The topological polar surface area (TPSA) is 62.1 Å². The molecular weight excluding hydrogens is 299 g/mol. The highest BCUT2D eigenvalue weighted by molar-refractivity contribution is 6.35. The average Bonchev–Trinajstić information content (AvgIpc) is 2.37. The van der Waals surface area contributed by atoms with Crippen molar-refractivity contribution in [2.45, 2.75) is 26.3 Å². The molecule has 4 nitrogen and oxygen atoms in total. The molecule has 1 atom stereocenters. The van der Waals surface area contributed by atoms with E-state index in [4.69, 9.17) is 33.2 Å². The molecule has 0 heterocycles. The number of carbonyl (C=O) groups excluding carboxylic acids is 1. The Bertz CT molecular complexity index is 540. The van der Waals surface area contributed by atoms with Crippen LogP contribution in [0.3, 0.4) is 0 Å². The molecule has 0 saturated heterocycles. The number of nitriles is 1. The number of rotatable bonds is 5. The van der Waals surface area contributed by atoms with Crippen LogP contribution in [0.5, 0.6) is 5.75 Å². The van der Waals surface area contributed by atoms with Crippen LogP contribution in [0.1, 0.15) is 20.8 Å². The van der Waals surface area contributed by atoms with E-state index < -0.39 is 5.54 Å². The monoisotopic (exact) mass is 314 g/mol. The van der Waals surface area contributed by atoms with E-state index in [2.05, 4.69) is 11.4 Å². The summed E-state index contributed by atoms with van der Waals surface area (Å²) in [5.74, 6) is -0.0289. The number of nitrogens with zero attached hydrogens (tertiary/aromatic N) is 1. The Morgan fingerprint density at radius 3 is 2.65 bits per heavy atom. The summed E-state index contributed by atoms with van der Waals surface area (Å²) in [6.45, 7) is 5.18. The van der Waals surface area contributed by atoms with Crippen molar-refractivity contribution >= 4 is 29.1 Å². The fourth-order valence-corrected chi connectivity index (χ4v) is 1.83. The van der Waals surface area contributed by atoms with Crippen molar-refractivity contribution in [1.82, 2.24) is 5.32 Å². The highest BCUT2D eigenvalue weighted by atomic mass is 35.5. The molecule has 108 valence electrons. The van der Waals surface area contributed by atoms with Crippen LogP contribution in [0, 0.1) is 17.2 Å². The maximum absolute atomic E-state index is 11.8. The van der Waals surface area contributed by atoms with Crippen LogP contribution < -0.4 is 10.1 Å². The zero-order valence-electron chi connectivity index (χ0n) is 11.5. The number of halogens is 2. The molecule has 0 spiro atoms. The van der Waals surface area contributed by atoms with E-state index in [1.54, 1.807) is 19.1 Å². The Balaban J connectivity index is 2.62. The number of ether oxygens (including phenoxy) is 1. The lowest BCUT2D eigenvalue weighted by Crippen LogP contribution is -2.50. The van der Waals surface area contributed by atoms with Gasteiger partial charge < -0.3 is 10.1 Å². The van der Waals surface area contributed by atoms with Crippen LogP contribution in [0.15, 0.2) is 18.2 Å². The van der Waals surface area contributed by atoms with Gasteiger partial charge in [0.1, 0.15) is 11.3 Å². The molecule has 0 aliphatic carbocycles. The smallest absolute Gasteiger partial charge is 0.259 e. The summed E-state index contributed by atoms with van der Waals surface area (Å²) in [7, 11) is 0. The van der Waals surface area contributed by atoms with E-state index in [0.717, 1.165) is 0 Å². The Morgan fingerprint density at radius 1 is 1.50 bits per heavy atom. The second-order valence-corrected chi connectivity index (χ2v) is 5.72. The quantitative estimate of drug-likeness (QED) is 0.905. The van der Waals surface area contributed by atoms with Gasteiger partial charge in [-0.15, -0.1) is 0 Å². The van der Waals surface area contributed by atoms with Crippen molar-refractivity contribution in [2.75, 3.05) is 6.61 Å². The van der Waals surface area contributed by atoms with E-state index in [1.807, 2.05) is 13.8 Å². The Labute approximate surface area is 128 Å². The molecule has 20 heavy (non-hydrogen) atoms. The van der Waals surface area contributed by atoms with E-state index in [1.165, 1.54) is 6.07 Å². The summed E-state index contributed by atoms with van der Waals surface area (Å²) in [5.41, 5.74) is -0.926. The first-order valence-electron chi connectivity index (χ1n) is 6.08. The van der Waals surface area contributed by atoms with Gasteiger partial charge in [0.25, 0.3) is 5.91 Å². The Kier molecular flexibility index (Phi) is 5.67. The van der Waals surface area contributed by atoms with Crippen molar-refractivity contribution in [2.24, 2.45) is 5.92 Å². The highest BCUT2D eigenvalue weighted by Gasteiger charge is 2.30. The third-order valence-electron chi connectivity index (χ3n) is 3.04. The molecule has 0 bridgehead atoms. The van der Waals surface area contributed by atoms with Crippen molar-refractivity contribution in [3.8, 4) is 11.8 Å². The summed E-state index contributed by atoms with van der Waals surface area (Å²) >= 11 is 11.7. The van der Waals surface area contributed by atoms with Crippen molar-refractivity contribution < 1.29 is 9.53 Å². The predicted molar refractivity (Wildman–Crippen MR) is 79.0 cm³/mol. The zero-order valence-corrected chi connectivity index (χ0v) is 13.0.